The first kappa shape index (κ1) is 24.2. The van der Waals surface area contributed by atoms with Gasteiger partial charge in [0.2, 0.25) is 0 Å². The minimum atomic E-state index is -0.539. The second kappa shape index (κ2) is 11.5. The van der Waals surface area contributed by atoms with E-state index in [1.807, 2.05) is 91.9 Å². The molecule has 0 unspecified atom stereocenters. The number of halogens is 1. The van der Waals surface area contributed by atoms with Crippen LogP contribution in [0, 0.1) is 6.92 Å². The number of hydrogen-bond donors (Lipinski definition) is 1. The average Bonchev–Trinajstić information content (AvgIpc) is 2.88. The zero-order valence-electron chi connectivity index (χ0n) is 19.4. The summed E-state index contributed by atoms with van der Waals surface area (Å²) < 4.78 is 6.79. The van der Waals surface area contributed by atoms with Crippen molar-refractivity contribution >= 4 is 23.4 Å². The van der Waals surface area contributed by atoms with E-state index in [-0.39, 0.29) is 24.1 Å². The van der Waals surface area contributed by atoms with Gasteiger partial charge < -0.3 is 10.1 Å². The molecule has 0 aliphatic rings. The summed E-state index contributed by atoms with van der Waals surface area (Å²) in [6.45, 7) is 2.24. The van der Waals surface area contributed by atoms with Gasteiger partial charge >= 0.3 is 5.97 Å². The highest BCUT2D eigenvalue weighted by Crippen LogP contribution is 2.29. The number of carbonyl (C=O) groups excluding carboxylic acids is 1. The number of hydrogen-bond acceptors (Lipinski definition) is 5. The van der Waals surface area contributed by atoms with Gasteiger partial charge in [0.25, 0.3) is 5.56 Å². The minimum absolute atomic E-state index is 0.0964. The molecule has 0 radical (unpaired) electrons. The monoisotopic (exact) mass is 487 g/mol. The number of carbonyl (C=O) groups is 1. The van der Waals surface area contributed by atoms with E-state index in [0.717, 1.165) is 22.3 Å². The van der Waals surface area contributed by atoms with Gasteiger partial charge in [0.05, 0.1) is 5.69 Å². The van der Waals surface area contributed by atoms with Crippen LogP contribution in [0.5, 0.6) is 0 Å². The van der Waals surface area contributed by atoms with Gasteiger partial charge in [-0.15, -0.1) is 0 Å². The number of esters is 1. The first-order valence-corrected chi connectivity index (χ1v) is 11.7. The summed E-state index contributed by atoms with van der Waals surface area (Å²) in [5, 5.41) is 3.22. The molecule has 7 heteroatoms. The van der Waals surface area contributed by atoms with Crippen LogP contribution < -0.4 is 10.9 Å². The maximum Gasteiger partial charge on any atom is 0.326 e. The van der Waals surface area contributed by atoms with Gasteiger partial charge in [-0.2, -0.15) is 0 Å². The Morgan fingerprint density at radius 1 is 0.943 bits per heavy atom. The van der Waals surface area contributed by atoms with E-state index in [1.165, 1.54) is 4.57 Å². The zero-order valence-corrected chi connectivity index (χ0v) is 20.2. The molecule has 4 rings (SSSR count). The maximum absolute atomic E-state index is 13.5. The Hall–Kier alpha value is -3.90. The van der Waals surface area contributed by atoms with E-state index in [1.54, 1.807) is 0 Å². The largest absolute Gasteiger partial charge is 0.459 e. The Balaban J connectivity index is 1.62. The van der Waals surface area contributed by atoms with Crippen LogP contribution >= 0.6 is 11.6 Å². The van der Waals surface area contributed by atoms with Crippen LogP contribution in [0.15, 0.2) is 89.7 Å². The van der Waals surface area contributed by atoms with Gasteiger partial charge in [-0.25, -0.2) is 4.98 Å². The summed E-state index contributed by atoms with van der Waals surface area (Å²) in [6, 6.07) is 26.8. The van der Waals surface area contributed by atoms with Crippen molar-refractivity contribution in [3.05, 3.63) is 117 Å². The number of nitrogens with one attached hydrogen (secondary N) is 1. The molecule has 1 N–H and O–H groups in total. The predicted molar refractivity (Wildman–Crippen MR) is 139 cm³/mol. The van der Waals surface area contributed by atoms with Crippen molar-refractivity contribution in [1.82, 2.24) is 9.55 Å². The molecule has 0 amide bonds. The third-order valence-electron chi connectivity index (χ3n) is 5.60. The van der Waals surface area contributed by atoms with Crippen molar-refractivity contribution in [2.45, 2.75) is 26.5 Å². The summed E-state index contributed by atoms with van der Waals surface area (Å²) in [5.74, 6) is -0.442. The van der Waals surface area contributed by atoms with E-state index in [2.05, 4.69) is 10.3 Å². The lowest BCUT2D eigenvalue weighted by molar-refractivity contribution is -0.145. The molecule has 0 spiro atoms. The number of nitrogens with zero attached hydrogens (tertiary/aromatic N) is 2. The van der Waals surface area contributed by atoms with E-state index >= 15 is 0 Å². The summed E-state index contributed by atoms with van der Waals surface area (Å²) in [7, 11) is 0. The maximum atomic E-state index is 13.5. The van der Waals surface area contributed by atoms with Crippen LogP contribution in [0.2, 0.25) is 5.15 Å². The number of aromatic nitrogens is 2. The second-order valence-corrected chi connectivity index (χ2v) is 8.47. The molecule has 0 saturated heterocycles. The van der Waals surface area contributed by atoms with Crippen LogP contribution in [0.25, 0.3) is 11.3 Å². The average molecular weight is 488 g/mol. The molecule has 0 fully saturated rings. The Morgan fingerprint density at radius 3 is 2.26 bits per heavy atom. The molecular weight excluding hydrogens is 462 g/mol. The number of ether oxygens (including phenoxy) is 1. The molecule has 3 aromatic carbocycles. The SMILES string of the molecule is Cc1ccccc1-c1c(Cl)nc(NCCc2ccccc2)c(=O)n1CC(=O)OCc1ccccc1. The van der Waals surface area contributed by atoms with Crippen LogP contribution in [-0.4, -0.2) is 22.1 Å². The summed E-state index contributed by atoms with van der Waals surface area (Å²) in [6.07, 6.45) is 0.707. The Labute approximate surface area is 209 Å². The summed E-state index contributed by atoms with van der Waals surface area (Å²) >= 11 is 6.60. The quantitative estimate of drug-likeness (QED) is 0.325. The molecule has 1 aromatic heterocycles. The van der Waals surface area contributed by atoms with Gasteiger partial charge in [0.1, 0.15) is 13.2 Å². The summed E-state index contributed by atoms with van der Waals surface area (Å²) in [4.78, 5) is 30.6. The van der Waals surface area contributed by atoms with Gasteiger partial charge in [-0.05, 0) is 30.0 Å². The summed E-state index contributed by atoms with van der Waals surface area (Å²) in [5.41, 5.74) is 3.59. The number of rotatable bonds is 9. The van der Waals surface area contributed by atoms with Crippen LogP contribution in [0.3, 0.4) is 0 Å². The number of aryl methyl sites for hydroxylation is 1. The molecule has 0 aliphatic carbocycles. The molecule has 0 atom stereocenters. The number of benzene rings is 3. The highest BCUT2D eigenvalue weighted by Gasteiger charge is 2.20. The van der Waals surface area contributed by atoms with Crippen molar-refractivity contribution in [3.8, 4) is 11.3 Å². The van der Waals surface area contributed by atoms with Crippen molar-refractivity contribution < 1.29 is 9.53 Å². The van der Waals surface area contributed by atoms with Crippen LogP contribution in [0.1, 0.15) is 16.7 Å². The molecule has 0 saturated carbocycles. The van der Waals surface area contributed by atoms with E-state index in [9.17, 15) is 9.59 Å². The van der Waals surface area contributed by atoms with Crippen molar-refractivity contribution in [2.75, 3.05) is 11.9 Å². The minimum Gasteiger partial charge on any atom is -0.459 e. The Morgan fingerprint density at radius 2 is 1.57 bits per heavy atom. The number of anilines is 1. The van der Waals surface area contributed by atoms with Crippen molar-refractivity contribution in [3.63, 3.8) is 0 Å². The molecule has 6 nitrogen and oxygen atoms in total. The Bertz CT molecular complexity index is 1360. The lowest BCUT2D eigenvalue weighted by Gasteiger charge is -2.17. The third-order valence-corrected chi connectivity index (χ3v) is 5.87. The smallest absolute Gasteiger partial charge is 0.326 e. The molecule has 35 heavy (non-hydrogen) atoms. The second-order valence-electron chi connectivity index (χ2n) is 8.11. The topological polar surface area (TPSA) is 73.2 Å². The van der Waals surface area contributed by atoms with Gasteiger partial charge in [-0.3, -0.25) is 14.2 Å². The molecular formula is C28H26ClN3O3. The standard InChI is InChI=1S/C28H26ClN3O3/c1-20-10-8-9-15-23(20)25-26(29)31-27(30-17-16-21-11-4-2-5-12-21)28(34)32(25)18-24(33)35-19-22-13-6-3-7-14-22/h2-15H,16-19H2,1H3,(H,30,31). The first-order valence-electron chi connectivity index (χ1n) is 11.4. The van der Waals surface area contributed by atoms with Crippen LogP contribution in [0.4, 0.5) is 5.82 Å². The van der Waals surface area contributed by atoms with Gasteiger partial charge in [0, 0.05) is 12.1 Å². The molecule has 1 heterocycles. The van der Waals surface area contributed by atoms with Crippen molar-refractivity contribution in [1.29, 1.82) is 0 Å². The Kier molecular flexibility index (Phi) is 7.95. The highest BCUT2D eigenvalue weighted by molar-refractivity contribution is 6.32. The fourth-order valence-corrected chi connectivity index (χ4v) is 4.07. The van der Waals surface area contributed by atoms with E-state index < -0.39 is 11.5 Å². The first-order chi connectivity index (χ1) is 17.0. The zero-order chi connectivity index (χ0) is 24.6. The van der Waals surface area contributed by atoms with Gasteiger partial charge in [-0.1, -0.05) is 96.5 Å². The molecule has 0 aliphatic heterocycles. The lowest BCUT2D eigenvalue weighted by atomic mass is 10.1. The van der Waals surface area contributed by atoms with E-state index in [0.29, 0.717) is 18.7 Å². The van der Waals surface area contributed by atoms with E-state index in [4.69, 9.17) is 16.3 Å². The molecule has 4 aromatic rings. The molecule has 0 bridgehead atoms. The van der Waals surface area contributed by atoms with Crippen LogP contribution in [-0.2, 0) is 29.1 Å². The fraction of sp³-hybridized carbons (Fsp3) is 0.179. The third kappa shape index (κ3) is 6.16. The van der Waals surface area contributed by atoms with Crippen molar-refractivity contribution in [2.24, 2.45) is 0 Å². The van der Waals surface area contributed by atoms with Gasteiger partial charge in [0.15, 0.2) is 11.0 Å². The lowest BCUT2D eigenvalue weighted by Crippen LogP contribution is -2.31. The fourth-order valence-electron chi connectivity index (χ4n) is 3.78. The predicted octanol–water partition coefficient (Wildman–Crippen LogP) is 5.27. The normalized spacial score (nSPS) is 10.7. The molecule has 178 valence electrons. The highest BCUT2D eigenvalue weighted by atomic mass is 35.5.